The van der Waals surface area contributed by atoms with E-state index in [1.165, 1.54) is 5.56 Å². The number of aromatic amines is 1. The van der Waals surface area contributed by atoms with Gasteiger partial charge in [-0.2, -0.15) is 0 Å². The Bertz CT molecular complexity index is 479. The van der Waals surface area contributed by atoms with Crippen LogP contribution in [0.15, 0.2) is 18.5 Å². The number of ether oxygens (including phenoxy) is 1. The van der Waals surface area contributed by atoms with E-state index in [1.54, 1.807) is 0 Å². The van der Waals surface area contributed by atoms with Crippen molar-refractivity contribution < 1.29 is 9.53 Å². The van der Waals surface area contributed by atoms with Crippen LogP contribution in [0.4, 0.5) is 4.79 Å². The molecule has 1 aliphatic heterocycles. The van der Waals surface area contributed by atoms with Crippen LogP contribution in [0.1, 0.15) is 46.1 Å². The van der Waals surface area contributed by atoms with Crippen molar-refractivity contribution in [2.45, 2.75) is 52.7 Å². The average molecular weight is 307 g/mol. The van der Waals surface area contributed by atoms with E-state index < -0.39 is 5.60 Å². The number of carbonyl (C=O) groups excluding carboxylic acids is 1. The summed E-state index contributed by atoms with van der Waals surface area (Å²) >= 11 is 0. The van der Waals surface area contributed by atoms with Gasteiger partial charge in [0.1, 0.15) is 5.60 Å². The first-order valence-corrected chi connectivity index (χ1v) is 8.08. The van der Waals surface area contributed by atoms with Gasteiger partial charge in [-0.1, -0.05) is 6.92 Å². The lowest BCUT2D eigenvalue weighted by molar-refractivity contribution is 0.00675. The quantitative estimate of drug-likeness (QED) is 0.898. The zero-order valence-electron chi connectivity index (χ0n) is 14.2. The summed E-state index contributed by atoms with van der Waals surface area (Å²) < 4.78 is 5.50. The van der Waals surface area contributed by atoms with Crippen LogP contribution in [-0.2, 0) is 11.3 Å². The number of nitrogens with one attached hydrogen (secondary N) is 2. The van der Waals surface area contributed by atoms with Crippen molar-refractivity contribution in [1.29, 1.82) is 0 Å². The Balaban J connectivity index is 1.84. The van der Waals surface area contributed by atoms with Crippen LogP contribution in [0, 0.1) is 5.41 Å². The molecule has 0 bridgehead atoms. The van der Waals surface area contributed by atoms with E-state index >= 15 is 0 Å². The molecule has 0 radical (unpaired) electrons. The van der Waals surface area contributed by atoms with Crippen molar-refractivity contribution in [2.24, 2.45) is 5.41 Å². The molecule has 2 rings (SSSR count). The molecule has 5 nitrogen and oxygen atoms in total. The Morgan fingerprint density at radius 3 is 2.91 bits per heavy atom. The van der Waals surface area contributed by atoms with Crippen LogP contribution >= 0.6 is 0 Å². The lowest BCUT2D eigenvalue weighted by Gasteiger charge is -2.41. The summed E-state index contributed by atoms with van der Waals surface area (Å²) in [5.41, 5.74) is 0.923. The monoisotopic (exact) mass is 307 g/mol. The molecule has 1 amide bonds. The van der Waals surface area contributed by atoms with Gasteiger partial charge < -0.3 is 19.9 Å². The lowest BCUT2D eigenvalue weighted by atomic mass is 9.82. The summed E-state index contributed by atoms with van der Waals surface area (Å²) in [6, 6.07) is 2.07. The van der Waals surface area contributed by atoms with Crippen molar-refractivity contribution >= 4 is 6.09 Å². The van der Waals surface area contributed by atoms with E-state index in [4.69, 9.17) is 4.74 Å². The Hall–Kier alpha value is -1.49. The topological polar surface area (TPSA) is 57.4 Å². The maximum absolute atomic E-state index is 12.2. The first kappa shape index (κ1) is 16.9. The van der Waals surface area contributed by atoms with Crippen LogP contribution in [0.2, 0.25) is 0 Å². The predicted octanol–water partition coefficient (Wildman–Crippen LogP) is 3.14. The van der Waals surface area contributed by atoms with Gasteiger partial charge in [0.05, 0.1) is 0 Å². The zero-order chi connectivity index (χ0) is 16.2. The van der Waals surface area contributed by atoms with Gasteiger partial charge in [0.15, 0.2) is 0 Å². The first-order chi connectivity index (χ1) is 10.3. The number of hydrogen-bond acceptors (Lipinski definition) is 3. The number of piperidine rings is 1. The summed E-state index contributed by atoms with van der Waals surface area (Å²) in [6.07, 6.45) is 5.91. The molecule has 1 aromatic heterocycles. The van der Waals surface area contributed by atoms with E-state index in [9.17, 15) is 4.79 Å². The number of amides is 1. The van der Waals surface area contributed by atoms with E-state index in [0.29, 0.717) is 0 Å². The Morgan fingerprint density at radius 1 is 1.50 bits per heavy atom. The third-order valence-corrected chi connectivity index (χ3v) is 3.98. The van der Waals surface area contributed by atoms with Gasteiger partial charge >= 0.3 is 6.09 Å². The van der Waals surface area contributed by atoms with Gasteiger partial charge in [-0.25, -0.2) is 4.79 Å². The second kappa shape index (κ2) is 6.73. The predicted molar refractivity (Wildman–Crippen MR) is 87.6 cm³/mol. The molecule has 0 aromatic carbocycles. The molecule has 1 fully saturated rings. The van der Waals surface area contributed by atoms with Crippen LogP contribution in [0.3, 0.4) is 0 Å². The minimum absolute atomic E-state index is 0.103. The number of likely N-dealkylation sites (tertiary alicyclic amines) is 1. The molecular formula is C17H29N3O2. The number of nitrogens with zero attached hydrogens (tertiary/aromatic N) is 1. The molecule has 124 valence electrons. The number of H-pyrrole nitrogens is 1. The molecule has 1 aliphatic rings. The molecule has 1 saturated heterocycles. The fourth-order valence-electron chi connectivity index (χ4n) is 2.92. The minimum atomic E-state index is -0.433. The van der Waals surface area contributed by atoms with E-state index in [2.05, 4.69) is 23.3 Å². The highest BCUT2D eigenvalue weighted by atomic mass is 16.6. The van der Waals surface area contributed by atoms with Gasteiger partial charge in [-0.15, -0.1) is 0 Å². The molecule has 0 aliphatic carbocycles. The van der Waals surface area contributed by atoms with Gasteiger partial charge in [-0.3, -0.25) is 0 Å². The molecule has 0 spiro atoms. The first-order valence-electron chi connectivity index (χ1n) is 8.08. The molecule has 22 heavy (non-hydrogen) atoms. The maximum Gasteiger partial charge on any atom is 0.410 e. The molecule has 2 heterocycles. The van der Waals surface area contributed by atoms with Gasteiger partial charge in [-0.05, 0) is 50.7 Å². The molecule has 5 heteroatoms. The van der Waals surface area contributed by atoms with Gasteiger partial charge in [0, 0.05) is 38.6 Å². The van der Waals surface area contributed by atoms with Crippen LogP contribution in [-0.4, -0.2) is 41.2 Å². The molecule has 1 unspecified atom stereocenters. The summed E-state index contributed by atoms with van der Waals surface area (Å²) in [5, 5.41) is 3.51. The number of aromatic nitrogens is 1. The van der Waals surface area contributed by atoms with Gasteiger partial charge in [0.25, 0.3) is 0 Å². The van der Waals surface area contributed by atoms with Crippen LogP contribution in [0.5, 0.6) is 0 Å². The lowest BCUT2D eigenvalue weighted by Crippen LogP contribution is -2.50. The second-order valence-electron chi connectivity index (χ2n) is 7.64. The van der Waals surface area contributed by atoms with Crippen LogP contribution < -0.4 is 5.32 Å². The molecule has 0 saturated carbocycles. The molecule has 2 N–H and O–H groups in total. The zero-order valence-corrected chi connectivity index (χ0v) is 14.2. The summed E-state index contributed by atoms with van der Waals surface area (Å²) in [6.45, 7) is 11.3. The van der Waals surface area contributed by atoms with Crippen molar-refractivity contribution in [3.8, 4) is 0 Å². The molecule has 1 atom stereocenters. The van der Waals surface area contributed by atoms with E-state index in [-0.39, 0.29) is 11.5 Å². The molecule has 1 aromatic rings. The SMILES string of the molecule is CC1(CNCc2cc[nH]c2)CCCN(C(=O)OC(C)(C)C)C1. The van der Waals surface area contributed by atoms with E-state index in [0.717, 1.165) is 39.0 Å². The van der Waals surface area contributed by atoms with Crippen molar-refractivity contribution in [1.82, 2.24) is 15.2 Å². The standard InChI is InChI=1S/C17H29N3O2/c1-16(2,3)22-15(21)20-9-5-7-17(4,13-20)12-19-11-14-6-8-18-10-14/h6,8,10,18-19H,5,7,9,11-13H2,1-4H3. The Labute approximate surface area is 133 Å². The third-order valence-electron chi connectivity index (χ3n) is 3.98. The highest BCUT2D eigenvalue weighted by molar-refractivity contribution is 5.68. The average Bonchev–Trinajstić information content (AvgIpc) is 2.90. The smallest absolute Gasteiger partial charge is 0.410 e. The van der Waals surface area contributed by atoms with Crippen molar-refractivity contribution in [2.75, 3.05) is 19.6 Å². The summed E-state index contributed by atoms with van der Waals surface area (Å²) in [5.74, 6) is 0. The molecular weight excluding hydrogens is 278 g/mol. The normalized spacial score (nSPS) is 22.6. The fourth-order valence-corrected chi connectivity index (χ4v) is 2.92. The van der Waals surface area contributed by atoms with Crippen LogP contribution in [0.25, 0.3) is 0 Å². The van der Waals surface area contributed by atoms with E-state index in [1.807, 2.05) is 38.1 Å². The van der Waals surface area contributed by atoms with Crippen molar-refractivity contribution in [3.05, 3.63) is 24.0 Å². The second-order valence-corrected chi connectivity index (χ2v) is 7.64. The third kappa shape index (κ3) is 5.05. The highest BCUT2D eigenvalue weighted by Crippen LogP contribution is 2.29. The summed E-state index contributed by atoms with van der Waals surface area (Å²) in [7, 11) is 0. The van der Waals surface area contributed by atoms with Gasteiger partial charge in [0.2, 0.25) is 0 Å². The Morgan fingerprint density at radius 2 is 2.27 bits per heavy atom. The highest BCUT2D eigenvalue weighted by Gasteiger charge is 2.34. The number of rotatable bonds is 4. The fraction of sp³-hybridized carbons (Fsp3) is 0.706. The summed E-state index contributed by atoms with van der Waals surface area (Å²) in [4.78, 5) is 17.2. The van der Waals surface area contributed by atoms with Crippen molar-refractivity contribution in [3.63, 3.8) is 0 Å². The Kier molecular flexibility index (Phi) is 5.16. The number of carbonyl (C=O) groups is 1. The number of hydrogen-bond donors (Lipinski definition) is 2. The largest absolute Gasteiger partial charge is 0.444 e. The minimum Gasteiger partial charge on any atom is -0.444 e. The maximum atomic E-state index is 12.2.